The van der Waals surface area contributed by atoms with Gasteiger partial charge in [-0.2, -0.15) is 92.2 Å². The minimum Gasteiger partial charge on any atom is -0.195 e. The molecule has 1 unspecified atom stereocenters. The average molecular weight is 610 g/mol. The first-order valence-electron chi connectivity index (χ1n) is 8.84. The number of hydrogen-bond donors (Lipinski definition) is 0. The topological polar surface area (TPSA) is 0 Å². The molecule has 1 atom stereocenters. The van der Waals surface area contributed by atoms with Gasteiger partial charge in [-0.25, -0.2) is 0 Å². The van der Waals surface area contributed by atoms with Crippen LogP contribution in [0.3, 0.4) is 0 Å². The van der Waals surface area contributed by atoms with E-state index in [0.717, 1.165) is 0 Å². The predicted molar refractivity (Wildman–Crippen MR) is 80.1 cm³/mol. The van der Waals surface area contributed by atoms with Crippen LogP contribution in [0.4, 0.5) is 92.2 Å². The summed E-state index contributed by atoms with van der Waals surface area (Å²) in [6.07, 6.45) is -47.7. The zero-order valence-corrected chi connectivity index (χ0v) is 17.0. The molecule has 0 aliphatic heterocycles. The number of halogens is 21. The van der Waals surface area contributed by atoms with Crippen molar-refractivity contribution in [1.29, 1.82) is 0 Å². The Morgan fingerprint density at radius 2 is 0.684 bits per heavy atom. The molecular weight excluding hydrogens is 603 g/mol. The van der Waals surface area contributed by atoms with Gasteiger partial charge in [0.25, 0.3) is 0 Å². The van der Waals surface area contributed by atoms with E-state index in [-0.39, 0.29) is 24.3 Å². The van der Waals surface area contributed by atoms with E-state index in [2.05, 4.69) is 0 Å². The van der Waals surface area contributed by atoms with Crippen molar-refractivity contribution in [1.82, 2.24) is 0 Å². The van der Waals surface area contributed by atoms with Crippen molar-refractivity contribution < 1.29 is 92.2 Å². The lowest BCUT2D eigenvalue weighted by atomic mass is 9.50. The van der Waals surface area contributed by atoms with Crippen molar-refractivity contribution >= 4 is 0 Å². The molecule has 222 valence electrons. The fourth-order valence-corrected chi connectivity index (χ4v) is 3.87. The van der Waals surface area contributed by atoms with Gasteiger partial charge in [0.05, 0.1) is 0 Å². The fourth-order valence-electron chi connectivity index (χ4n) is 3.87. The third-order valence-corrected chi connectivity index (χ3v) is 5.41. The van der Waals surface area contributed by atoms with Crippen LogP contribution in [-0.4, -0.2) is 48.6 Å². The van der Waals surface area contributed by atoms with Gasteiger partial charge in [-0.05, 0) is 12.0 Å². The largest absolute Gasteiger partial charge is 0.454 e. The first-order valence-corrected chi connectivity index (χ1v) is 8.84. The highest BCUT2D eigenvalue weighted by molar-refractivity contribution is 5.30. The van der Waals surface area contributed by atoms with Crippen LogP contribution in [0, 0.1) is 10.8 Å². The van der Waals surface area contributed by atoms with Crippen LogP contribution >= 0.6 is 0 Å². The molecule has 0 saturated heterocycles. The first-order chi connectivity index (χ1) is 16.3. The Bertz CT molecular complexity index is 929. The molecule has 1 aromatic carbocycles. The molecule has 0 spiro atoms. The van der Waals surface area contributed by atoms with E-state index in [1.54, 1.807) is 0 Å². The normalized spacial score (nSPS) is 17.4. The lowest BCUT2D eigenvalue weighted by Crippen LogP contribution is -2.84. The SMILES string of the molecule is FC(F)(F)C(F)(F)C(Cc1ccccc1)(C(F)(F)F)C(C(F)(F)F)(C(F)(F)C(F)(F)F)C(F)(F)C(F)(F)F. The van der Waals surface area contributed by atoms with E-state index in [4.69, 9.17) is 0 Å². The van der Waals surface area contributed by atoms with E-state index in [9.17, 15) is 92.2 Å². The van der Waals surface area contributed by atoms with Crippen LogP contribution in [0.15, 0.2) is 30.3 Å². The minimum absolute atomic E-state index is 0.231. The van der Waals surface area contributed by atoms with Gasteiger partial charge in [-0.3, -0.25) is 0 Å². The summed E-state index contributed by atoms with van der Waals surface area (Å²) in [5.74, 6) is -27.5. The summed E-state index contributed by atoms with van der Waals surface area (Å²) in [4.78, 5) is 0. The summed E-state index contributed by atoms with van der Waals surface area (Å²) in [6.45, 7) is 0. The predicted octanol–water partition coefficient (Wildman–Crippen LogP) is 8.92. The van der Waals surface area contributed by atoms with Crippen LogP contribution in [-0.2, 0) is 6.42 Å². The van der Waals surface area contributed by atoms with Crippen LogP contribution < -0.4 is 0 Å². The average Bonchev–Trinajstić information content (AvgIpc) is 2.63. The number of benzene rings is 1. The Kier molecular flexibility index (Phi) is 7.90. The van der Waals surface area contributed by atoms with Gasteiger partial charge in [0.1, 0.15) is 0 Å². The molecule has 1 aromatic rings. The van der Waals surface area contributed by atoms with Gasteiger partial charge in [0, 0.05) is 0 Å². The fraction of sp³-hybridized carbons (Fsp3) is 0.647. The maximum absolute atomic E-state index is 14.5. The molecule has 0 aromatic heterocycles. The van der Waals surface area contributed by atoms with Gasteiger partial charge in [-0.1, -0.05) is 30.3 Å². The monoisotopic (exact) mass is 610 g/mol. The third kappa shape index (κ3) is 4.30. The molecule has 0 aliphatic rings. The molecule has 38 heavy (non-hydrogen) atoms. The molecule has 0 saturated carbocycles. The summed E-state index contributed by atoms with van der Waals surface area (Å²) in [7, 11) is 0. The van der Waals surface area contributed by atoms with Crippen LogP contribution in [0.2, 0.25) is 0 Å². The van der Waals surface area contributed by atoms with E-state index in [0.29, 0.717) is 6.07 Å². The summed E-state index contributed by atoms with van der Waals surface area (Å²) in [6, 6.07) is 0.645. The molecule has 0 radical (unpaired) electrons. The second-order valence-corrected chi connectivity index (χ2v) is 7.53. The molecule has 1 rings (SSSR count). The summed E-state index contributed by atoms with van der Waals surface area (Å²) in [5.41, 5.74) is -20.4. The third-order valence-electron chi connectivity index (χ3n) is 5.41. The zero-order valence-electron chi connectivity index (χ0n) is 17.0. The Labute approximate surface area is 195 Å². The van der Waals surface area contributed by atoms with Crippen molar-refractivity contribution in [3.63, 3.8) is 0 Å². The maximum Gasteiger partial charge on any atom is 0.454 e. The Morgan fingerprint density at radius 3 is 0.921 bits per heavy atom. The Balaban J connectivity index is 4.98. The highest BCUT2D eigenvalue weighted by Gasteiger charge is 3.05. The van der Waals surface area contributed by atoms with E-state index in [1.807, 2.05) is 0 Å². The van der Waals surface area contributed by atoms with Gasteiger partial charge in [0.15, 0.2) is 5.41 Å². The second kappa shape index (κ2) is 8.88. The van der Waals surface area contributed by atoms with Gasteiger partial charge < -0.3 is 0 Å². The summed E-state index contributed by atoms with van der Waals surface area (Å²) >= 11 is 0. The van der Waals surface area contributed by atoms with Crippen LogP contribution in [0.5, 0.6) is 0 Å². The van der Waals surface area contributed by atoms with Crippen molar-refractivity contribution in [2.45, 2.75) is 55.1 Å². The minimum atomic E-state index is -9.62. The standard InChI is InChI=1S/C17H7F21/c18-10(19,15(30,31)32)8(13(24,25)26,6-7-4-2-1-3-5-7)9(14(27,28)29,11(20,21)16(33,34)35)12(22,23)17(36,37)38/h1-5H,6H2. The second-order valence-electron chi connectivity index (χ2n) is 7.53. The van der Waals surface area contributed by atoms with E-state index in [1.165, 1.54) is 0 Å². The molecule has 0 N–H and O–H groups in total. The zero-order chi connectivity index (χ0) is 30.8. The van der Waals surface area contributed by atoms with Crippen LogP contribution in [0.25, 0.3) is 0 Å². The number of alkyl halides is 21. The maximum atomic E-state index is 14.5. The van der Waals surface area contributed by atoms with Crippen molar-refractivity contribution in [3.05, 3.63) is 35.9 Å². The molecule has 0 amide bonds. The highest BCUT2D eigenvalue weighted by Crippen LogP contribution is 2.80. The molecule has 21 heteroatoms. The first kappa shape index (κ1) is 33.8. The van der Waals surface area contributed by atoms with Gasteiger partial charge in [0.2, 0.25) is 5.41 Å². The van der Waals surface area contributed by atoms with Crippen molar-refractivity contribution in [2.24, 2.45) is 10.8 Å². The lowest BCUT2D eigenvalue weighted by molar-refractivity contribution is -0.541. The molecule has 0 nitrogen and oxygen atoms in total. The molecule has 0 fully saturated rings. The van der Waals surface area contributed by atoms with Gasteiger partial charge in [-0.15, -0.1) is 0 Å². The number of rotatable bonds is 6. The van der Waals surface area contributed by atoms with Gasteiger partial charge >= 0.3 is 48.6 Å². The smallest absolute Gasteiger partial charge is 0.195 e. The van der Waals surface area contributed by atoms with Crippen LogP contribution in [0.1, 0.15) is 5.56 Å². The van der Waals surface area contributed by atoms with Crippen molar-refractivity contribution in [2.75, 3.05) is 0 Å². The molecule has 0 aliphatic carbocycles. The molecule has 0 bridgehead atoms. The lowest BCUT2D eigenvalue weighted by Gasteiger charge is -2.58. The van der Waals surface area contributed by atoms with E-state index >= 15 is 0 Å². The summed E-state index contributed by atoms with van der Waals surface area (Å²) < 4.78 is 289. The molecular formula is C17H7F21. The number of hydrogen-bond acceptors (Lipinski definition) is 0. The summed E-state index contributed by atoms with van der Waals surface area (Å²) in [5, 5.41) is 0. The van der Waals surface area contributed by atoms with E-state index < -0.39 is 71.5 Å². The quantitative estimate of drug-likeness (QED) is 0.283. The Hall–Kier alpha value is -2.25. The highest BCUT2D eigenvalue weighted by atomic mass is 19.4. The Morgan fingerprint density at radius 1 is 0.368 bits per heavy atom. The molecule has 0 heterocycles. The van der Waals surface area contributed by atoms with Crippen molar-refractivity contribution in [3.8, 4) is 0 Å².